The van der Waals surface area contributed by atoms with Crippen LogP contribution in [0, 0.1) is 6.92 Å². The number of alkyl halides is 3. The van der Waals surface area contributed by atoms with Gasteiger partial charge in [0.1, 0.15) is 5.82 Å². The Bertz CT molecular complexity index is 1130. The molecule has 3 heterocycles. The molecule has 33 heavy (non-hydrogen) atoms. The molecule has 1 saturated heterocycles. The lowest BCUT2D eigenvalue weighted by Gasteiger charge is -2.32. The van der Waals surface area contributed by atoms with Gasteiger partial charge in [0.2, 0.25) is 0 Å². The first-order chi connectivity index (χ1) is 15.6. The van der Waals surface area contributed by atoms with Crippen LogP contribution in [0.25, 0.3) is 22.6 Å². The normalized spacial score (nSPS) is 15.4. The summed E-state index contributed by atoms with van der Waals surface area (Å²) in [5, 5.41) is 12.7. The number of amides is 1. The van der Waals surface area contributed by atoms with Crippen LogP contribution in [0.1, 0.15) is 48.9 Å². The highest BCUT2D eigenvalue weighted by Gasteiger charge is 2.36. The number of likely N-dealkylation sites (tertiary alicyclic amines) is 1. The summed E-state index contributed by atoms with van der Waals surface area (Å²) in [5.74, 6) is 0.982. The summed E-state index contributed by atoms with van der Waals surface area (Å²) < 4.78 is 43.5. The minimum absolute atomic E-state index is 0.123. The van der Waals surface area contributed by atoms with E-state index in [-0.39, 0.29) is 37.9 Å². The number of piperidine rings is 1. The maximum atomic E-state index is 13.4. The number of nitrogens with one attached hydrogen (secondary N) is 1. The van der Waals surface area contributed by atoms with Gasteiger partial charge in [0.05, 0.1) is 11.8 Å². The third kappa shape index (κ3) is 5.24. The molecule has 1 N–H and O–H groups in total. The summed E-state index contributed by atoms with van der Waals surface area (Å²) in [6.07, 6.45) is -3.52. The fraction of sp³-hybridized carbons (Fsp3) is 0.455. The number of hydrogen-bond donors (Lipinski definition) is 1. The molecule has 0 radical (unpaired) electrons. The van der Waals surface area contributed by atoms with E-state index in [1.165, 1.54) is 0 Å². The van der Waals surface area contributed by atoms with Gasteiger partial charge in [-0.2, -0.15) is 5.10 Å². The number of benzene rings is 1. The van der Waals surface area contributed by atoms with Crippen molar-refractivity contribution in [2.75, 3.05) is 13.1 Å². The molecule has 0 unspecified atom stereocenters. The summed E-state index contributed by atoms with van der Waals surface area (Å²) in [6, 6.07) is 7.29. The lowest BCUT2D eigenvalue weighted by molar-refractivity contribution is -0.345. The first-order valence-corrected chi connectivity index (χ1v) is 10.7. The molecule has 1 aliphatic rings. The molecule has 0 atom stereocenters. The molecule has 0 aliphatic carbocycles. The molecular weight excluding hydrogens is 437 g/mol. The average Bonchev–Trinajstić information content (AvgIpc) is 3.42. The van der Waals surface area contributed by atoms with Crippen LogP contribution in [-0.2, 0) is 4.74 Å². The van der Waals surface area contributed by atoms with Crippen LogP contribution in [0.3, 0.4) is 0 Å². The van der Waals surface area contributed by atoms with Gasteiger partial charge in [-0.3, -0.25) is 14.2 Å². The average molecular weight is 462 g/mol. The van der Waals surface area contributed by atoms with Crippen molar-refractivity contribution in [3.05, 3.63) is 41.9 Å². The standard InChI is InChI=1S/C22H25F3N6O2/c1-13(2)31-11-8-19(29-31)18-12-15(20-26-14(3)27-28-20)4-5-17(18)21(32)30-9-6-16(7-10-30)33-22(23,24)25/h4-5,8,11-13,16H,6-7,9-10H2,1-3H3,(H,26,27,28). The number of H-pyrrole nitrogens is 1. The molecule has 0 spiro atoms. The highest BCUT2D eigenvalue weighted by Crippen LogP contribution is 2.30. The summed E-state index contributed by atoms with van der Waals surface area (Å²) in [7, 11) is 0. The van der Waals surface area contributed by atoms with Crippen molar-refractivity contribution >= 4 is 5.91 Å². The van der Waals surface area contributed by atoms with E-state index in [1.54, 1.807) is 28.6 Å². The second-order valence-corrected chi connectivity index (χ2v) is 8.35. The topological polar surface area (TPSA) is 88.9 Å². The molecule has 1 aromatic carbocycles. The summed E-state index contributed by atoms with van der Waals surface area (Å²) in [5.41, 5.74) is 2.43. The van der Waals surface area contributed by atoms with Crippen molar-refractivity contribution in [2.45, 2.75) is 52.1 Å². The SMILES string of the molecule is Cc1nnc(-c2ccc(C(=O)N3CCC(OC(F)(F)F)CC3)c(-c3ccn(C(C)C)n3)c2)[nH]1. The highest BCUT2D eigenvalue weighted by molar-refractivity contribution is 6.01. The van der Waals surface area contributed by atoms with Crippen molar-refractivity contribution in [1.82, 2.24) is 29.9 Å². The Hall–Kier alpha value is -3.21. The first-order valence-electron chi connectivity index (χ1n) is 10.7. The third-order valence-corrected chi connectivity index (χ3v) is 5.57. The van der Waals surface area contributed by atoms with Crippen LogP contribution in [0.5, 0.6) is 0 Å². The maximum absolute atomic E-state index is 13.4. The summed E-state index contributed by atoms with van der Waals surface area (Å²) in [4.78, 5) is 18.0. The predicted octanol–water partition coefficient (Wildman–Crippen LogP) is 4.37. The smallest absolute Gasteiger partial charge is 0.338 e. The highest BCUT2D eigenvalue weighted by atomic mass is 19.4. The number of aromatic nitrogens is 5. The van der Waals surface area contributed by atoms with Crippen molar-refractivity contribution in [3.63, 3.8) is 0 Å². The molecule has 1 amide bonds. The second-order valence-electron chi connectivity index (χ2n) is 8.35. The first kappa shape index (κ1) is 23.0. The van der Waals surface area contributed by atoms with Gasteiger partial charge in [-0.05, 0) is 51.8 Å². The fourth-order valence-corrected chi connectivity index (χ4v) is 3.87. The van der Waals surface area contributed by atoms with Crippen LogP contribution in [0.15, 0.2) is 30.5 Å². The number of halogens is 3. The van der Waals surface area contributed by atoms with Crippen molar-refractivity contribution < 1.29 is 22.7 Å². The van der Waals surface area contributed by atoms with Crippen LogP contribution >= 0.6 is 0 Å². The number of hydrogen-bond acceptors (Lipinski definition) is 5. The van der Waals surface area contributed by atoms with E-state index in [4.69, 9.17) is 0 Å². The largest absolute Gasteiger partial charge is 0.522 e. The van der Waals surface area contributed by atoms with E-state index in [2.05, 4.69) is 25.0 Å². The molecule has 3 aromatic rings. The minimum Gasteiger partial charge on any atom is -0.338 e. The van der Waals surface area contributed by atoms with Gasteiger partial charge in [-0.1, -0.05) is 6.07 Å². The van der Waals surface area contributed by atoms with Gasteiger partial charge in [0, 0.05) is 42.0 Å². The van der Waals surface area contributed by atoms with Crippen molar-refractivity contribution in [1.29, 1.82) is 0 Å². The molecule has 176 valence electrons. The predicted molar refractivity (Wildman–Crippen MR) is 114 cm³/mol. The van der Waals surface area contributed by atoms with E-state index in [9.17, 15) is 18.0 Å². The Morgan fingerprint density at radius 3 is 2.48 bits per heavy atom. The molecule has 0 saturated carbocycles. The maximum Gasteiger partial charge on any atom is 0.522 e. The molecular formula is C22H25F3N6O2. The van der Waals surface area contributed by atoms with Crippen LogP contribution in [0.4, 0.5) is 13.2 Å². The second kappa shape index (κ2) is 8.97. The van der Waals surface area contributed by atoms with E-state index < -0.39 is 12.5 Å². The zero-order valence-electron chi connectivity index (χ0n) is 18.6. The number of aryl methyl sites for hydroxylation is 1. The van der Waals surface area contributed by atoms with Crippen LogP contribution in [-0.4, -0.2) is 61.3 Å². The van der Waals surface area contributed by atoms with E-state index in [0.717, 1.165) is 5.56 Å². The van der Waals surface area contributed by atoms with Gasteiger partial charge in [0.15, 0.2) is 5.82 Å². The van der Waals surface area contributed by atoms with Crippen molar-refractivity contribution in [2.24, 2.45) is 0 Å². The van der Waals surface area contributed by atoms with Gasteiger partial charge >= 0.3 is 6.36 Å². The summed E-state index contributed by atoms with van der Waals surface area (Å²) >= 11 is 0. The van der Waals surface area contributed by atoms with Crippen LogP contribution in [0.2, 0.25) is 0 Å². The number of aromatic amines is 1. The van der Waals surface area contributed by atoms with E-state index in [1.807, 2.05) is 32.2 Å². The number of carbonyl (C=O) groups is 1. The lowest BCUT2D eigenvalue weighted by Crippen LogP contribution is -2.42. The van der Waals surface area contributed by atoms with Gasteiger partial charge < -0.3 is 9.88 Å². The number of ether oxygens (including phenoxy) is 1. The van der Waals surface area contributed by atoms with Gasteiger partial charge in [-0.25, -0.2) is 0 Å². The Balaban J connectivity index is 1.63. The minimum atomic E-state index is -4.67. The number of nitrogens with zero attached hydrogens (tertiary/aromatic N) is 5. The molecule has 11 heteroatoms. The van der Waals surface area contributed by atoms with Crippen molar-refractivity contribution in [3.8, 4) is 22.6 Å². The molecule has 8 nitrogen and oxygen atoms in total. The number of rotatable bonds is 5. The molecule has 1 fully saturated rings. The van der Waals surface area contributed by atoms with Gasteiger partial charge in [-0.15, -0.1) is 23.4 Å². The Morgan fingerprint density at radius 1 is 1.18 bits per heavy atom. The van der Waals surface area contributed by atoms with E-state index >= 15 is 0 Å². The zero-order chi connectivity index (χ0) is 23.8. The molecule has 2 aromatic heterocycles. The number of carbonyl (C=O) groups excluding carboxylic acids is 1. The zero-order valence-corrected chi connectivity index (χ0v) is 18.6. The Kier molecular flexibility index (Phi) is 6.24. The summed E-state index contributed by atoms with van der Waals surface area (Å²) in [6.45, 7) is 6.17. The molecule has 4 rings (SSSR count). The molecule has 0 bridgehead atoms. The lowest BCUT2D eigenvalue weighted by atomic mass is 9.98. The van der Waals surface area contributed by atoms with E-state index in [0.29, 0.717) is 28.5 Å². The Morgan fingerprint density at radius 2 is 1.91 bits per heavy atom. The Labute approximate surface area is 188 Å². The fourth-order valence-electron chi connectivity index (χ4n) is 3.87. The van der Waals surface area contributed by atoms with Gasteiger partial charge in [0.25, 0.3) is 5.91 Å². The molecule has 1 aliphatic heterocycles. The monoisotopic (exact) mass is 462 g/mol. The van der Waals surface area contributed by atoms with Crippen LogP contribution < -0.4 is 0 Å². The quantitative estimate of drug-likeness (QED) is 0.609. The third-order valence-electron chi connectivity index (χ3n) is 5.57.